The maximum absolute atomic E-state index is 5.09. The lowest BCUT2D eigenvalue weighted by Crippen LogP contribution is -2.09. The average molecular weight is 328 g/mol. The quantitative estimate of drug-likeness (QED) is 0.883. The van der Waals surface area contributed by atoms with Crippen LogP contribution in [0.2, 0.25) is 0 Å². The van der Waals surface area contributed by atoms with Gasteiger partial charge in [0.1, 0.15) is 5.69 Å². The van der Waals surface area contributed by atoms with E-state index in [9.17, 15) is 0 Å². The van der Waals surface area contributed by atoms with E-state index in [1.807, 2.05) is 0 Å². The van der Waals surface area contributed by atoms with Crippen molar-refractivity contribution in [3.63, 3.8) is 0 Å². The molecule has 0 aromatic carbocycles. The Hall–Kier alpha value is -1.77. The molecule has 0 aliphatic carbocycles. The number of hydrogen-bond acceptors (Lipinski definition) is 7. The van der Waals surface area contributed by atoms with Gasteiger partial charge in [-0.15, -0.1) is 5.10 Å². The topological polar surface area (TPSA) is 90.6 Å². The molecule has 0 bridgehead atoms. The van der Waals surface area contributed by atoms with Crippen molar-refractivity contribution in [2.24, 2.45) is 7.05 Å². The van der Waals surface area contributed by atoms with Crippen LogP contribution < -0.4 is 10.1 Å². The van der Waals surface area contributed by atoms with Gasteiger partial charge >= 0.3 is 6.01 Å². The Morgan fingerprint density at radius 1 is 1.32 bits per heavy atom. The molecule has 102 valence electrons. The normalized spacial score (nSPS) is 10.5. The first-order valence-electron chi connectivity index (χ1n) is 5.75. The van der Waals surface area contributed by atoms with Crippen LogP contribution in [0.15, 0.2) is 4.60 Å². The van der Waals surface area contributed by atoms with Crippen molar-refractivity contribution in [3.05, 3.63) is 4.60 Å². The van der Waals surface area contributed by atoms with E-state index < -0.39 is 0 Å². The highest BCUT2D eigenvalue weighted by Crippen LogP contribution is 2.24. The molecule has 0 aliphatic rings. The fourth-order valence-electron chi connectivity index (χ4n) is 1.44. The number of halogens is 1. The van der Waals surface area contributed by atoms with Crippen LogP contribution >= 0.6 is 15.9 Å². The lowest BCUT2D eigenvalue weighted by atomic mass is 10.4. The molecular weight excluding hydrogens is 314 g/mol. The molecule has 0 atom stereocenters. The number of rotatable bonds is 5. The second-order valence-corrected chi connectivity index (χ2v) is 4.50. The van der Waals surface area contributed by atoms with Gasteiger partial charge in [-0.2, -0.15) is 15.0 Å². The smallest absolute Gasteiger partial charge is 0.321 e. The van der Waals surface area contributed by atoms with Crippen molar-refractivity contribution < 1.29 is 4.74 Å². The minimum absolute atomic E-state index is 0.247. The molecule has 0 saturated heterocycles. The molecule has 0 saturated carbocycles. The van der Waals surface area contributed by atoms with Crippen molar-refractivity contribution in [2.75, 3.05) is 19.0 Å². The number of aryl methyl sites for hydroxylation is 1. The zero-order valence-corrected chi connectivity index (χ0v) is 12.5. The third-order valence-electron chi connectivity index (χ3n) is 2.33. The van der Waals surface area contributed by atoms with Gasteiger partial charge in [0.25, 0.3) is 0 Å². The fourth-order valence-corrected chi connectivity index (χ4v) is 1.94. The van der Waals surface area contributed by atoms with Crippen LogP contribution in [0.4, 0.5) is 5.95 Å². The van der Waals surface area contributed by atoms with Crippen molar-refractivity contribution in [1.82, 2.24) is 29.9 Å². The third kappa shape index (κ3) is 2.98. The summed E-state index contributed by atoms with van der Waals surface area (Å²) >= 11 is 3.32. The Morgan fingerprint density at radius 3 is 2.68 bits per heavy atom. The predicted octanol–water partition coefficient (Wildman–Crippen LogP) is 1.26. The molecule has 2 aromatic rings. The van der Waals surface area contributed by atoms with Crippen LogP contribution in [0.1, 0.15) is 13.3 Å². The van der Waals surface area contributed by atoms with Crippen LogP contribution in [0, 0.1) is 0 Å². The van der Waals surface area contributed by atoms with Crippen molar-refractivity contribution >= 4 is 21.9 Å². The maximum Gasteiger partial charge on any atom is 0.321 e. The summed E-state index contributed by atoms with van der Waals surface area (Å²) in [7, 11) is 3.28. The summed E-state index contributed by atoms with van der Waals surface area (Å²) in [4.78, 5) is 12.7. The minimum atomic E-state index is 0.247. The highest BCUT2D eigenvalue weighted by molar-refractivity contribution is 9.10. The van der Waals surface area contributed by atoms with E-state index in [1.54, 1.807) is 11.7 Å². The molecular formula is C10H14BrN7O. The first kappa shape index (κ1) is 13.7. The summed E-state index contributed by atoms with van der Waals surface area (Å²) in [6.45, 7) is 2.84. The van der Waals surface area contributed by atoms with Crippen LogP contribution in [0.25, 0.3) is 11.5 Å². The number of anilines is 1. The third-order valence-corrected chi connectivity index (χ3v) is 2.86. The number of methoxy groups -OCH3 is 1. The Bertz CT molecular complexity index is 552. The second kappa shape index (κ2) is 5.91. The fraction of sp³-hybridized carbons (Fsp3) is 0.500. The molecule has 9 heteroatoms. The molecule has 0 fully saturated rings. The van der Waals surface area contributed by atoms with Gasteiger partial charge in [0.2, 0.25) is 5.95 Å². The van der Waals surface area contributed by atoms with E-state index >= 15 is 0 Å². The lowest BCUT2D eigenvalue weighted by molar-refractivity contribution is 0.379. The molecule has 0 aliphatic heterocycles. The van der Waals surface area contributed by atoms with E-state index in [0.717, 1.165) is 13.0 Å². The van der Waals surface area contributed by atoms with Crippen molar-refractivity contribution in [2.45, 2.75) is 13.3 Å². The van der Waals surface area contributed by atoms with E-state index in [0.29, 0.717) is 22.1 Å². The van der Waals surface area contributed by atoms with Gasteiger partial charge in [-0.3, -0.25) is 0 Å². The SMILES string of the molecule is CCCNc1nc(OC)nc(-c2c(Br)nnn2C)n1. The number of ether oxygens (including phenoxy) is 1. The lowest BCUT2D eigenvalue weighted by Gasteiger charge is -2.07. The molecule has 19 heavy (non-hydrogen) atoms. The molecule has 1 N–H and O–H groups in total. The first-order chi connectivity index (χ1) is 9.15. The summed E-state index contributed by atoms with van der Waals surface area (Å²) in [6, 6.07) is 0.247. The van der Waals surface area contributed by atoms with Gasteiger partial charge in [0, 0.05) is 13.6 Å². The Labute approximate surface area is 118 Å². The summed E-state index contributed by atoms with van der Waals surface area (Å²) in [5, 5.41) is 10.9. The number of hydrogen-bond donors (Lipinski definition) is 1. The zero-order valence-electron chi connectivity index (χ0n) is 10.9. The van der Waals surface area contributed by atoms with Crippen LogP contribution in [-0.2, 0) is 7.05 Å². The maximum atomic E-state index is 5.09. The molecule has 8 nitrogen and oxygen atoms in total. The first-order valence-corrected chi connectivity index (χ1v) is 6.54. The molecule has 0 spiro atoms. The van der Waals surface area contributed by atoms with Crippen LogP contribution in [0.3, 0.4) is 0 Å². The molecule has 0 unspecified atom stereocenters. The second-order valence-electron chi connectivity index (χ2n) is 3.75. The Kier molecular flexibility index (Phi) is 4.25. The van der Waals surface area contributed by atoms with E-state index in [1.165, 1.54) is 7.11 Å². The van der Waals surface area contributed by atoms with Gasteiger partial charge in [-0.1, -0.05) is 12.1 Å². The van der Waals surface area contributed by atoms with Gasteiger partial charge in [-0.25, -0.2) is 4.68 Å². The zero-order chi connectivity index (χ0) is 13.8. The summed E-state index contributed by atoms with van der Waals surface area (Å²) in [6.07, 6.45) is 0.973. The molecule has 0 amide bonds. The van der Waals surface area contributed by atoms with Gasteiger partial charge in [0.15, 0.2) is 10.4 Å². The Morgan fingerprint density at radius 2 is 2.11 bits per heavy atom. The summed E-state index contributed by atoms with van der Waals surface area (Å²) < 4.78 is 7.25. The number of nitrogens with one attached hydrogen (secondary N) is 1. The van der Waals surface area contributed by atoms with Gasteiger partial charge < -0.3 is 10.1 Å². The van der Waals surface area contributed by atoms with Gasteiger partial charge in [0.05, 0.1) is 7.11 Å². The molecule has 0 radical (unpaired) electrons. The largest absolute Gasteiger partial charge is 0.467 e. The highest BCUT2D eigenvalue weighted by Gasteiger charge is 2.16. The molecule has 2 aromatic heterocycles. The minimum Gasteiger partial charge on any atom is -0.467 e. The Balaban J connectivity index is 2.45. The predicted molar refractivity (Wildman–Crippen MR) is 72.9 cm³/mol. The van der Waals surface area contributed by atoms with E-state index in [4.69, 9.17) is 4.74 Å². The monoisotopic (exact) mass is 327 g/mol. The van der Waals surface area contributed by atoms with Gasteiger partial charge in [-0.05, 0) is 22.4 Å². The standard InChI is InChI=1S/C10H14BrN7O/c1-4-5-12-9-13-8(14-10(15-9)19-3)6-7(11)16-17-18(6)2/h4-5H2,1-3H3,(H,12,13,14,15). The van der Waals surface area contributed by atoms with Crippen LogP contribution in [0.5, 0.6) is 6.01 Å². The highest BCUT2D eigenvalue weighted by atomic mass is 79.9. The molecule has 2 rings (SSSR count). The number of nitrogens with zero attached hydrogens (tertiary/aromatic N) is 6. The summed E-state index contributed by atoms with van der Waals surface area (Å²) in [5.41, 5.74) is 0.667. The summed E-state index contributed by atoms with van der Waals surface area (Å²) in [5.74, 6) is 0.918. The van der Waals surface area contributed by atoms with Crippen molar-refractivity contribution in [3.8, 4) is 17.5 Å². The average Bonchev–Trinajstić information content (AvgIpc) is 2.75. The van der Waals surface area contributed by atoms with Crippen molar-refractivity contribution in [1.29, 1.82) is 0 Å². The van der Waals surface area contributed by atoms with E-state index in [2.05, 4.69) is 53.4 Å². The number of aromatic nitrogens is 6. The van der Waals surface area contributed by atoms with Crippen LogP contribution in [-0.4, -0.2) is 43.6 Å². The molecule has 2 heterocycles. The van der Waals surface area contributed by atoms with E-state index in [-0.39, 0.29) is 6.01 Å².